The number of aromatic nitrogens is 5. The molecule has 13 heteroatoms. The van der Waals surface area contributed by atoms with Crippen LogP contribution < -0.4 is 11.1 Å². The number of nitrogens with one attached hydrogen (secondary N) is 1. The van der Waals surface area contributed by atoms with Crippen LogP contribution in [0.3, 0.4) is 0 Å². The molecule has 2 atom stereocenters. The number of sulfonamides is 1. The van der Waals surface area contributed by atoms with Gasteiger partial charge in [-0.1, -0.05) is 0 Å². The first-order valence-electron chi connectivity index (χ1n) is 11.9. The van der Waals surface area contributed by atoms with E-state index < -0.39 is 10.0 Å². The van der Waals surface area contributed by atoms with Crippen LogP contribution in [0.5, 0.6) is 0 Å². The van der Waals surface area contributed by atoms with Gasteiger partial charge >= 0.3 is 0 Å². The second kappa shape index (κ2) is 9.89. The highest BCUT2D eigenvalue weighted by atomic mass is 32.2. The molecule has 194 valence electrons. The van der Waals surface area contributed by atoms with Gasteiger partial charge in [-0.2, -0.15) is 14.3 Å². The van der Waals surface area contributed by atoms with Crippen molar-refractivity contribution in [3.8, 4) is 11.4 Å². The number of aryl methyl sites for hydroxylation is 1. The van der Waals surface area contributed by atoms with Gasteiger partial charge in [-0.25, -0.2) is 23.4 Å². The molecule has 4 aromatic rings. The fraction of sp³-hybridized carbons (Fsp3) is 0.375. The smallest absolute Gasteiger partial charge is 0.223 e. The number of fused-ring (bicyclic) bond motifs is 1. The Morgan fingerprint density at radius 1 is 1.16 bits per heavy atom. The molecule has 0 aliphatic carbocycles. The number of hydrogen-bond donors (Lipinski definition) is 2. The third-order valence-corrected chi connectivity index (χ3v) is 8.68. The highest BCUT2D eigenvalue weighted by molar-refractivity contribution is 7.88. The standard InChI is InChI=1S/C24H29N9O2S2/c1-14-12-32(37(4,34)35)7-8-33(14)15(2)17-9-19(23-28-16(3)29-24(25)31-23)22(26-11-17)30-18-5-6-21-20(10-18)27-13-36-21/h5-6,9-11,13-15H,7-8,12H2,1-4H3,(H,26,30)(H2,25,28,29,31)/t14?,15-/m1/s1. The maximum absolute atomic E-state index is 12.0. The molecule has 0 spiro atoms. The Morgan fingerprint density at radius 2 is 1.97 bits per heavy atom. The SMILES string of the molecule is Cc1nc(N)nc(-c2cc([C@@H](C)N3CCN(S(C)(=O)=O)CC3C)cnc2Nc2ccc3scnc3c2)n1. The second-order valence-electron chi connectivity index (χ2n) is 9.27. The molecule has 0 amide bonds. The van der Waals surface area contributed by atoms with E-state index in [0.717, 1.165) is 21.5 Å². The lowest BCUT2D eigenvalue weighted by Gasteiger charge is -2.42. The predicted octanol–water partition coefficient (Wildman–Crippen LogP) is 3.20. The fourth-order valence-corrected chi connectivity index (χ4v) is 6.24. The maximum Gasteiger partial charge on any atom is 0.223 e. The topological polar surface area (TPSA) is 143 Å². The molecule has 1 aliphatic heterocycles. The zero-order chi connectivity index (χ0) is 26.3. The van der Waals surface area contributed by atoms with Crippen molar-refractivity contribution in [1.82, 2.24) is 34.1 Å². The van der Waals surface area contributed by atoms with Gasteiger partial charge in [0.15, 0.2) is 5.82 Å². The van der Waals surface area contributed by atoms with Gasteiger partial charge in [0, 0.05) is 43.6 Å². The number of nitrogens with two attached hydrogens (primary N) is 1. The lowest BCUT2D eigenvalue weighted by molar-refractivity contribution is 0.0906. The minimum absolute atomic E-state index is 0.0105. The van der Waals surface area contributed by atoms with Crippen molar-refractivity contribution in [3.05, 3.63) is 47.4 Å². The summed E-state index contributed by atoms with van der Waals surface area (Å²) in [7, 11) is -3.22. The summed E-state index contributed by atoms with van der Waals surface area (Å²) in [5.74, 6) is 1.67. The average molecular weight is 540 g/mol. The molecule has 1 fully saturated rings. The van der Waals surface area contributed by atoms with Crippen LogP contribution in [0, 0.1) is 6.92 Å². The second-order valence-corrected chi connectivity index (χ2v) is 12.1. The number of benzene rings is 1. The molecule has 1 aromatic carbocycles. The van der Waals surface area contributed by atoms with Crippen LogP contribution in [-0.4, -0.2) is 74.5 Å². The number of pyridine rings is 1. The molecule has 37 heavy (non-hydrogen) atoms. The van der Waals surface area contributed by atoms with E-state index >= 15 is 0 Å². The Balaban J connectivity index is 1.50. The molecule has 0 saturated carbocycles. The molecule has 0 bridgehead atoms. The summed E-state index contributed by atoms with van der Waals surface area (Å²) >= 11 is 1.59. The predicted molar refractivity (Wildman–Crippen MR) is 146 cm³/mol. The van der Waals surface area contributed by atoms with Crippen molar-refractivity contribution < 1.29 is 8.42 Å². The van der Waals surface area contributed by atoms with E-state index in [0.29, 0.717) is 42.7 Å². The van der Waals surface area contributed by atoms with E-state index in [9.17, 15) is 8.42 Å². The summed E-state index contributed by atoms with van der Waals surface area (Å²) in [4.78, 5) is 24.5. The third-order valence-electron chi connectivity index (χ3n) is 6.60. The largest absolute Gasteiger partial charge is 0.368 e. The van der Waals surface area contributed by atoms with Crippen LogP contribution >= 0.6 is 11.3 Å². The molecular weight excluding hydrogens is 510 g/mol. The van der Waals surface area contributed by atoms with Crippen LogP contribution in [0.25, 0.3) is 21.6 Å². The fourth-order valence-electron chi connectivity index (χ4n) is 4.68. The number of hydrogen-bond acceptors (Lipinski definition) is 11. The van der Waals surface area contributed by atoms with Gasteiger partial charge in [-0.05, 0) is 50.6 Å². The number of piperazine rings is 1. The first kappa shape index (κ1) is 25.4. The number of anilines is 3. The van der Waals surface area contributed by atoms with Crippen LogP contribution in [0.1, 0.15) is 31.3 Å². The molecule has 1 saturated heterocycles. The zero-order valence-corrected chi connectivity index (χ0v) is 22.7. The number of rotatable bonds is 6. The normalized spacial score (nSPS) is 18.2. The first-order valence-corrected chi connectivity index (χ1v) is 14.6. The van der Waals surface area contributed by atoms with Crippen LogP contribution in [0.4, 0.5) is 17.5 Å². The van der Waals surface area contributed by atoms with E-state index in [-0.39, 0.29) is 18.0 Å². The van der Waals surface area contributed by atoms with Gasteiger partial charge in [0.2, 0.25) is 16.0 Å². The summed E-state index contributed by atoms with van der Waals surface area (Å²) in [6, 6.07) is 8.03. The van der Waals surface area contributed by atoms with Gasteiger partial charge in [-0.3, -0.25) is 4.90 Å². The molecule has 3 aromatic heterocycles. The van der Waals surface area contributed by atoms with E-state index in [1.165, 1.54) is 10.6 Å². The monoisotopic (exact) mass is 539 g/mol. The quantitative estimate of drug-likeness (QED) is 0.375. The van der Waals surface area contributed by atoms with Crippen LogP contribution in [0.2, 0.25) is 0 Å². The Labute approximate surface area is 219 Å². The summed E-state index contributed by atoms with van der Waals surface area (Å²) in [6.45, 7) is 7.44. The minimum Gasteiger partial charge on any atom is -0.368 e. The lowest BCUT2D eigenvalue weighted by atomic mass is 10.0. The molecule has 4 heterocycles. The summed E-state index contributed by atoms with van der Waals surface area (Å²) in [6.07, 6.45) is 3.10. The molecule has 3 N–H and O–H groups in total. The first-order chi connectivity index (χ1) is 17.6. The molecule has 11 nitrogen and oxygen atoms in total. The van der Waals surface area contributed by atoms with Gasteiger partial charge < -0.3 is 11.1 Å². The lowest BCUT2D eigenvalue weighted by Crippen LogP contribution is -2.53. The van der Waals surface area contributed by atoms with Crippen molar-refractivity contribution >= 4 is 49.0 Å². The molecule has 0 radical (unpaired) electrons. The number of thiazole rings is 1. The van der Waals surface area contributed by atoms with E-state index in [1.807, 2.05) is 42.9 Å². The van der Waals surface area contributed by atoms with Crippen molar-refractivity contribution in [2.75, 3.05) is 36.9 Å². The summed E-state index contributed by atoms with van der Waals surface area (Å²) in [5.41, 5.74) is 11.2. The Morgan fingerprint density at radius 3 is 2.70 bits per heavy atom. The van der Waals surface area contributed by atoms with Crippen LogP contribution in [0.15, 0.2) is 36.0 Å². The summed E-state index contributed by atoms with van der Waals surface area (Å²) < 4.78 is 26.7. The van der Waals surface area contributed by atoms with Gasteiger partial charge in [0.1, 0.15) is 11.6 Å². The van der Waals surface area contributed by atoms with Gasteiger partial charge in [0.05, 0.1) is 27.5 Å². The minimum atomic E-state index is -3.22. The van der Waals surface area contributed by atoms with Crippen molar-refractivity contribution in [2.24, 2.45) is 0 Å². The van der Waals surface area contributed by atoms with Crippen molar-refractivity contribution in [3.63, 3.8) is 0 Å². The van der Waals surface area contributed by atoms with E-state index in [1.54, 1.807) is 18.3 Å². The van der Waals surface area contributed by atoms with Crippen molar-refractivity contribution in [1.29, 1.82) is 0 Å². The van der Waals surface area contributed by atoms with Gasteiger partial charge in [-0.15, -0.1) is 11.3 Å². The van der Waals surface area contributed by atoms with Gasteiger partial charge in [0.25, 0.3) is 0 Å². The molecule has 5 rings (SSSR count). The molecular formula is C24H29N9O2S2. The molecule has 1 unspecified atom stereocenters. The average Bonchev–Trinajstić information content (AvgIpc) is 3.30. The highest BCUT2D eigenvalue weighted by Gasteiger charge is 2.32. The number of nitrogens with zero attached hydrogens (tertiary/aromatic N) is 7. The number of nitrogen functional groups attached to an aromatic ring is 1. The highest BCUT2D eigenvalue weighted by Crippen LogP contribution is 2.33. The summed E-state index contributed by atoms with van der Waals surface area (Å²) in [5, 5.41) is 3.39. The third kappa shape index (κ3) is 5.39. The van der Waals surface area contributed by atoms with E-state index in [2.05, 4.69) is 37.1 Å². The Hall–Kier alpha value is -3.26. The van der Waals surface area contributed by atoms with E-state index in [4.69, 9.17) is 10.7 Å². The molecule has 1 aliphatic rings. The van der Waals surface area contributed by atoms with Crippen LogP contribution in [-0.2, 0) is 10.0 Å². The van der Waals surface area contributed by atoms with Crippen molar-refractivity contribution in [2.45, 2.75) is 32.9 Å². The maximum atomic E-state index is 12.0. The Kier molecular flexibility index (Phi) is 6.79. The zero-order valence-electron chi connectivity index (χ0n) is 21.1. The Bertz CT molecular complexity index is 1540.